The van der Waals surface area contributed by atoms with Gasteiger partial charge < -0.3 is 9.31 Å². The van der Waals surface area contributed by atoms with E-state index in [4.69, 9.17) is 9.31 Å². The van der Waals surface area contributed by atoms with Gasteiger partial charge in [-0.1, -0.05) is 42.1 Å². The molecule has 0 N–H and O–H groups in total. The molecule has 1 aliphatic heterocycles. The first-order chi connectivity index (χ1) is 10.4. The van der Waals surface area contributed by atoms with Gasteiger partial charge in [-0.25, -0.2) is 0 Å². The van der Waals surface area contributed by atoms with E-state index in [1.165, 1.54) is 9.79 Å². The summed E-state index contributed by atoms with van der Waals surface area (Å²) < 4.78 is 12.2. The smallest absolute Gasteiger partial charge is 0.399 e. The van der Waals surface area contributed by atoms with Crippen LogP contribution in [0.4, 0.5) is 0 Å². The van der Waals surface area contributed by atoms with Gasteiger partial charge in [-0.2, -0.15) is 0 Å². The average molecular weight is 312 g/mol. The fourth-order valence-corrected chi connectivity index (χ4v) is 3.13. The topological polar surface area (TPSA) is 18.5 Å². The molecular formula is C18H21BO2S. The lowest BCUT2D eigenvalue weighted by Crippen LogP contribution is -2.41. The Bertz CT molecular complexity index is 622. The van der Waals surface area contributed by atoms with Crippen molar-refractivity contribution in [1.82, 2.24) is 0 Å². The maximum atomic E-state index is 6.08. The molecule has 0 saturated carbocycles. The number of benzene rings is 2. The Morgan fingerprint density at radius 1 is 0.727 bits per heavy atom. The predicted molar refractivity (Wildman–Crippen MR) is 92.7 cm³/mol. The molecule has 0 aliphatic carbocycles. The van der Waals surface area contributed by atoms with E-state index in [2.05, 4.69) is 76.2 Å². The average Bonchev–Trinajstić information content (AvgIpc) is 2.69. The van der Waals surface area contributed by atoms with Crippen LogP contribution in [0.1, 0.15) is 27.7 Å². The normalized spacial score (nSPS) is 19.4. The van der Waals surface area contributed by atoms with E-state index < -0.39 is 0 Å². The Morgan fingerprint density at radius 2 is 1.23 bits per heavy atom. The molecule has 114 valence electrons. The Kier molecular flexibility index (Phi) is 4.10. The molecule has 0 spiro atoms. The highest BCUT2D eigenvalue weighted by Gasteiger charge is 2.51. The Hall–Kier alpha value is -1.23. The van der Waals surface area contributed by atoms with E-state index in [9.17, 15) is 0 Å². The third kappa shape index (κ3) is 3.10. The molecule has 0 unspecified atom stereocenters. The summed E-state index contributed by atoms with van der Waals surface area (Å²) in [6.07, 6.45) is 0. The van der Waals surface area contributed by atoms with Crippen LogP contribution in [0, 0.1) is 0 Å². The molecule has 2 aromatic rings. The minimum Gasteiger partial charge on any atom is -0.399 e. The van der Waals surface area contributed by atoms with Crippen molar-refractivity contribution in [1.29, 1.82) is 0 Å². The first-order valence-electron chi connectivity index (χ1n) is 7.56. The maximum absolute atomic E-state index is 6.08. The summed E-state index contributed by atoms with van der Waals surface area (Å²) in [6.45, 7) is 8.30. The zero-order valence-electron chi connectivity index (χ0n) is 13.5. The van der Waals surface area contributed by atoms with Gasteiger partial charge in [-0.3, -0.25) is 0 Å². The number of hydrogen-bond acceptors (Lipinski definition) is 3. The predicted octanol–water partition coefficient (Wildman–Crippen LogP) is 4.14. The standard InChI is InChI=1S/C18H21BO2S/c1-17(2)18(3,4)21-19(20-17)14-10-12-16(13-11-14)22-15-8-6-5-7-9-15/h5-13H,1-4H3. The highest BCUT2D eigenvalue weighted by molar-refractivity contribution is 7.99. The number of rotatable bonds is 3. The van der Waals surface area contributed by atoms with Crippen molar-refractivity contribution < 1.29 is 9.31 Å². The fourth-order valence-electron chi connectivity index (χ4n) is 2.30. The van der Waals surface area contributed by atoms with Gasteiger partial charge in [-0.05, 0) is 57.4 Å². The SMILES string of the molecule is CC1(C)OB(c2ccc(Sc3ccccc3)cc2)OC1(C)C. The summed E-state index contributed by atoms with van der Waals surface area (Å²) in [5.41, 5.74) is 0.473. The van der Waals surface area contributed by atoms with Crippen LogP contribution in [0.3, 0.4) is 0 Å². The molecule has 0 aromatic heterocycles. The second kappa shape index (κ2) is 5.76. The molecule has 22 heavy (non-hydrogen) atoms. The van der Waals surface area contributed by atoms with E-state index in [1.54, 1.807) is 11.8 Å². The van der Waals surface area contributed by atoms with Crippen molar-refractivity contribution in [3.63, 3.8) is 0 Å². The summed E-state index contributed by atoms with van der Waals surface area (Å²) in [5, 5.41) is 0. The van der Waals surface area contributed by atoms with Crippen molar-refractivity contribution in [3.8, 4) is 0 Å². The molecule has 3 rings (SSSR count). The summed E-state index contributed by atoms with van der Waals surface area (Å²) >= 11 is 1.76. The summed E-state index contributed by atoms with van der Waals surface area (Å²) in [5.74, 6) is 0. The number of hydrogen-bond donors (Lipinski definition) is 0. The molecule has 1 fully saturated rings. The zero-order valence-corrected chi connectivity index (χ0v) is 14.3. The molecule has 1 heterocycles. The first kappa shape index (κ1) is 15.7. The van der Waals surface area contributed by atoms with E-state index in [0.717, 1.165) is 5.46 Å². The summed E-state index contributed by atoms with van der Waals surface area (Å²) in [4.78, 5) is 2.46. The van der Waals surface area contributed by atoms with Crippen LogP contribution in [0.15, 0.2) is 64.4 Å². The van der Waals surface area contributed by atoms with Crippen molar-refractivity contribution in [2.75, 3.05) is 0 Å². The van der Waals surface area contributed by atoms with Crippen LogP contribution in [-0.4, -0.2) is 18.3 Å². The van der Waals surface area contributed by atoms with Crippen molar-refractivity contribution in [2.24, 2.45) is 0 Å². The minimum absolute atomic E-state index is 0.291. The molecule has 1 saturated heterocycles. The molecule has 0 atom stereocenters. The molecular weight excluding hydrogens is 291 g/mol. The van der Waals surface area contributed by atoms with E-state index in [-0.39, 0.29) is 18.3 Å². The van der Waals surface area contributed by atoms with Gasteiger partial charge in [0.15, 0.2) is 0 Å². The summed E-state index contributed by atoms with van der Waals surface area (Å²) in [6, 6.07) is 18.8. The molecule has 0 radical (unpaired) electrons. The van der Waals surface area contributed by atoms with Crippen LogP contribution in [0.25, 0.3) is 0 Å². The van der Waals surface area contributed by atoms with Crippen LogP contribution in [-0.2, 0) is 9.31 Å². The minimum atomic E-state index is -0.297. The third-order valence-electron chi connectivity index (χ3n) is 4.38. The molecule has 2 nitrogen and oxygen atoms in total. The second-order valence-corrected chi connectivity index (χ2v) is 7.72. The quantitative estimate of drug-likeness (QED) is 0.794. The highest BCUT2D eigenvalue weighted by Crippen LogP contribution is 2.36. The van der Waals surface area contributed by atoms with E-state index >= 15 is 0 Å². The van der Waals surface area contributed by atoms with Crippen molar-refractivity contribution >= 4 is 24.3 Å². The fraction of sp³-hybridized carbons (Fsp3) is 0.333. The van der Waals surface area contributed by atoms with Gasteiger partial charge in [0.05, 0.1) is 11.2 Å². The van der Waals surface area contributed by atoms with Gasteiger partial charge in [0, 0.05) is 9.79 Å². The molecule has 4 heteroatoms. The van der Waals surface area contributed by atoms with E-state index in [0.29, 0.717) is 0 Å². The largest absolute Gasteiger partial charge is 0.494 e. The van der Waals surface area contributed by atoms with Gasteiger partial charge in [0.2, 0.25) is 0 Å². The van der Waals surface area contributed by atoms with Crippen molar-refractivity contribution in [2.45, 2.75) is 48.7 Å². The van der Waals surface area contributed by atoms with Gasteiger partial charge >= 0.3 is 7.12 Å². The van der Waals surface area contributed by atoms with E-state index in [1.807, 2.05) is 6.07 Å². The van der Waals surface area contributed by atoms with Crippen LogP contribution in [0.2, 0.25) is 0 Å². The Labute approximate surface area is 137 Å². The lowest BCUT2D eigenvalue weighted by Gasteiger charge is -2.32. The van der Waals surface area contributed by atoms with Crippen LogP contribution >= 0.6 is 11.8 Å². The molecule has 0 bridgehead atoms. The zero-order chi connectivity index (χ0) is 15.8. The van der Waals surface area contributed by atoms with Gasteiger partial charge in [0.25, 0.3) is 0 Å². The molecule has 0 amide bonds. The van der Waals surface area contributed by atoms with Crippen LogP contribution < -0.4 is 5.46 Å². The lowest BCUT2D eigenvalue weighted by atomic mass is 9.79. The second-order valence-electron chi connectivity index (χ2n) is 6.57. The molecule has 1 aliphatic rings. The first-order valence-corrected chi connectivity index (χ1v) is 8.38. The van der Waals surface area contributed by atoms with Gasteiger partial charge in [0.1, 0.15) is 0 Å². The highest BCUT2D eigenvalue weighted by atomic mass is 32.2. The summed E-state index contributed by atoms with van der Waals surface area (Å²) in [7, 11) is -0.291. The van der Waals surface area contributed by atoms with Gasteiger partial charge in [-0.15, -0.1) is 0 Å². The molecule has 2 aromatic carbocycles. The Balaban J connectivity index is 1.73. The van der Waals surface area contributed by atoms with Crippen LogP contribution in [0.5, 0.6) is 0 Å². The monoisotopic (exact) mass is 312 g/mol. The Morgan fingerprint density at radius 3 is 1.77 bits per heavy atom. The maximum Gasteiger partial charge on any atom is 0.494 e. The third-order valence-corrected chi connectivity index (χ3v) is 5.40. The lowest BCUT2D eigenvalue weighted by molar-refractivity contribution is 0.00578. The van der Waals surface area contributed by atoms with Crippen molar-refractivity contribution in [3.05, 3.63) is 54.6 Å².